The summed E-state index contributed by atoms with van der Waals surface area (Å²) in [6, 6.07) is 18.4. The predicted molar refractivity (Wildman–Crippen MR) is 94.4 cm³/mol. The van der Waals surface area contributed by atoms with Crippen LogP contribution in [0.25, 0.3) is 0 Å². The first kappa shape index (κ1) is 17.7. The van der Waals surface area contributed by atoms with Crippen molar-refractivity contribution in [2.24, 2.45) is 0 Å². The first-order chi connectivity index (χ1) is 11.2. The van der Waals surface area contributed by atoms with Gasteiger partial charge in [-0.25, -0.2) is 0 Å². The van der Waals surface area contributed by atoms with E-state index in [-0.39, 0.29) is 0 Å². The summed E-state index contributed by atoms with van der Waals surface area (Å²) >= 11 is 0. The van der Waals surface area contributed by atoms with E-state index in [2.05, 4.69) is 36.1 Å². The van der Waals surface area contributed by atoms with Crippen LogP contribution in [0.2, 0.25) is 0 Å². The summed E-state index contributed by atoms with van der Waals surface area (Å²) in [4.78, 5) is 2.29. The molecule has 2 aromatic carbocycles. The zero-order valence-electron chi connectivity index (χ0n) is 14.1. The number of aliphatic hydroxyl groups excluding tert-OH is 1. The van der Waals surface area contributed by atoms with Crippen LogP contribution in [0.15, 0.2) is 54.6 Å². The van der Waals surface area contributed by atoms with Crippen LogP contribution in [0.4, 0.5) is 0 Å². The summed E-state index contributed by atoms with van der Waals surface area (Å²) in [5.41, 5.74) is 3.51. The van der Waals surface area contributed by atoms with Crippen LogP contribution in [0.1, 0.15) is 29.2 Å². The fourth-order valence-electron chi connectivity index (χ4n) is 2.64. The summed E-state index contributed by atoms with van der Waals surface area (Å²) < 4.78 is 5.16. The van der Waals surface area contributed by atoms with Gasteiger partial charge in [0.15, 0.2) is 0 Å². The molecular formula is C20H27NO2. The Bertz CT molecular complexity index is 554. The molecule has 0 spiro atoms. The van der Waals surface area contributed by atoms with E-state index >= 15 is 0 Å². The van der Waals surface area contributed by atoms with Gasteiger partial charge in [0.25, 0.3) is 0 Å². The van der Waals surface area contributed by atoms with Gasteiger partial charge in [-0.15, -0.1) is 0 Å². The first-order valence-corrected chi connectivity index (χ1v) is 8.19. The number of nitrogens with zero attached hydrogens (tertiary/aromatic N) is 1. The molecule has 1 unspecified atom stereocenters. The molecule has 124 valence electrons. The van der Waals surface area contributed by atoms with E-state index in [1.165, 1.54) is 11.1 Å². The molecule has 1 N–H and O–H groups in total. The zero-order chi connectivity index (χ0) is 16.5. The highest BCUT2D eigenvalue weighted by molar-refractivity contribution is 5.21. The summed E-state index contributed by atoms with van der Waals surface area (Å²) in [5.74, 6) is 0. The van der Waals surface area contributed by atoms with Gasteiger partial charge in [0.05, 0.1) is 6.10 Å². The Labute approximate surface area is 139 Å². The lowest BCUT2D eigenvalue weighted by Gasteiger charge is -2.25. The number of aryl methyl sites for hydroxylation is 1. The van der Waals surface area contributed by atoms with E-state index < -0.39 is 6.10 Å². The number of rotatable bonds is 9. The van der Waals surface area contributed by atoms with Gasteiger partial charge in [-0.2, -0.15) is 0 Å². The number of benzene rings is 2. The molecule has 0 amide bonds. The standard InChI is InChI=1S/C20H27NO2/c1-17-9-11-18(12-10-17)15-21(13-6-14-23-2)16-20(22)19-7-4-3-5-8-19/h3-5,7-12,20,22H,6,13-16H2,1-2H3. The average Bonchev–Trinajstić information content (AvgIpc) is 2.58. The first-order valence-electron chi connectivity index (χ1n) is 8.19. The van der Waals surface area contributed by atoms with E-state index in [0.29, 0.717) is 6.54 Å². The predicted octanol–water partition coefficient (Wildman–Crippen LogP) is 3.57. The number of aliphatic hydroxyl groups is 1. The Balaban J connectivity index is 1.99. The molecule has 0 aromatic heterocycles. The van der Waals surface area contributed by atoms with Gasteiger partial charge >= 0.3 is 0 Å². The lowest BCUT2D eigenvalue weighted by atomic mass is 10.1. The van der Waals surface area contributed by atoms with Gasteiger partial charge < -0.3 is 9.84 Å². The molecular weight excluding hydrogens is 286 g/mol. The molecule has 2 aromatic rings. The Morgan fingerprint density at radius 2 is 1.74 bits per heavy atom. The third kappa shape index (κ3) is 6.14. The van der Waals surface area contributed by atoms with Crippen molar-refractivity contribution < 1.29 is 9.84 Å². The van der Waals surface area contributed by atoms with E-state index in [4.69, 9.17) is 4.74 Å². The van der Waals surface area contributed by atoms with Gasteiger partial charge in [0, 0.05) is 33.4 Å². The minimum atomic E-state index is -0.468. The second-order valence-corrected chi connectivity index (χ2v) is 5.99. The SMILES string of the molecule is COCCCN(Cc1ccc(C)cc1)CC(O)c1ccccc1. The van der Waals surface area contributed by atoms with Crippen LogP contribution < -0.4 is 0 Å². The number of hydrogen-bond donors (Lipinski definition) is 1. The maximum atomic E-state index is 10.5. The Hall–Kier alpha value is -1.68. The van der Waals surface area contributed by atoms with Crippen molar-refractivity contribution in [3.05, 3.63) is 71.3 Å². The summed E-state index contributed by atoms with van der Waals surface area (Å²) in [5, 5.41) is 10.5. The maximum absolute atomic E-state index is 10.5. The third-order valence-corrected chi connectivity index (χ3v) is 3.97. The molecule has 0 radical (unpaired) electrons. The highest BCUT2D eigenvalue weighted by atomic mass is 16.5. The van der Waals surface area contributed by atoms with Crippen LogP contribution in [0.5, 0.6) is 0 Å². The lowest BCUT2D eigenvalue weighted by Crippen LogP contribution is -2.30. The number of methoxy groups -OCH3 is 1. The lowest BCUT2D eigenvalue weighted by molar-refractivity contribution is 0.0995. The fraction of sp³-hybridized carbons (Fsp3) is 0.400. The highest BCUT2D eigenvalue weighted by Crippen LogP contribution is 2.16. The molecule has 0 heterocycles. The molecule has 0 aliphatic heterocycles. The van der Waals surface area contributed by atoms with Gasteiger partial charge in [-0.05, 0) is 24.5 Å². The van der Waals surface area contributed by atoms with Crippen molar-refractivity contribution >= 4 is 0 Å². The molecule has 0 bridgehead atoms. The molecule has 0 aliphatic rings. The third-order valence-electron chi connectivity index (χ3n) is 3.97. The van der Waals surface area contributed by atoms with Crippen LogP contribution in [-0.2, 0) is 11.3 Å². The topological polar surface area (TPSA) is 32.7 Å². The second-order valence-electron chi connectivity index (χ2n) is 5.99. The van der Waals surface area contributed by atoms with E-state index in [9.17, 15) is 5.11 Å². The zero-order valence-corrected chi connectivity index (χ0v) is 14.1. The average molecular weight is 313 g/mol. The minimum absolute atomic E-state index is 0.468. The van der Waals surface area contributed by atoms with Crippen LogP contribution in [0, 0.1) is 6.92 Å². The molecule has 3 heteroatoms. The minimum Gasteiger partial charge on any atom is -0.387 e. The number of hydrogen-bond acceptors (Lipinski definition) is 3. The number of ether oxygens (including phenoxy) is 1. The normalized spacial score (nSPS) is 12.5. The highest BCUT2D eigenvalue weighted by Gasteiger charge is 2.13. The van der Waals surface area contributed by atoms with Crippen LogP contribution >= 0.6 is 0 Å². The van der Waals surface area contributed by atoms with Crippen molar-refractivity contribution in [2.75, 3.05) is 26.8 Å². The van der Waals surface area contributed by atoms with Gasteiger partial charge in [-0.1, -0.05) is 60.2 Å². The molecule has 0 aliphatic carbocycles. The van der Waals surface area contributed by atoms with Crippen molar-refractivity contribution in [1.29, 1.82) is 0 Å². The van der Waals surface area contributed by atoms with Crippen molar-refractivity contribution in [3.8, 4) is 0 Å². The smallest absolute Gasteiger partial charge is 0.0917 e. The Kier molecular flexibility index (Phi) is 7.27. The molecule has 1 atom stereocenters. The Morgan fingerprint density at radius 3 is 2.39 bits per heavy atom. The van der Waals surface area contributed by atoms with Gasteiger partial charge in [0.1, 0.15) is 0 Å². The Morgan fingerprint density at radius 1 is 1.04 bits per heavy atom. The second kappa shape index (κ2) is 9.46. The van der Waals surface area contributed by atoms with E-state index in [1.54, 1.807) is 7.11 Å². The molecule has 0 fully saturated rings. The fourth-order valence-corrected chi connectivity index (χ4v) is 2.64. The van der Waals surface area contributed by atoms with Crippen molar-refractivity contribution in [1.82, 2.24) is 4.90 Å². The molecule has 0 saturated heterocycles. The van der Waals surface area contributed by atoms with Crippen LogP contribution in [-0.4, -0.2) is 36.8 Å². The molecule has 0 saturated carbocycles. The van der Waals surface area contributed by atoms with E-state index in [0.717, 1.165) is 31.7 Å². The monoisotopic (exact) mass is 313 g/mol. The maximum Gasteiger partial charge on any atom is 0.0917 e. The largest absolute Gasteiger partial charge is 0.387 e. The summed E-state index contributed by atoms with van der Waals surface area (Å²) in [6.45, 7) is 5.21. The summed E-state index contributed by atoms with van der Waals surface area (Å²) in [6.07, 6.45) is 0.494. The molecule has 23 heavy (non-hydrogen) atoms. The molecule has 3 nitrogen and oxygen atoms in total. The quantitative estimate of drug-likeness (QED) is 0.718. The van der Waals surface area contributed by atoms with Crippen LogP contribution in [0.3, 0.4) is 0 Å². The van der Waals surface area contributed by atoms with Crippen molar-refractivity contribution in [3.63, 3.8) is 0 Å². The van der Waals surface area contributed by atoms with Crippen molar-refractivity contribution in [2.45, 2.75) is 26.0 Å². The summed E-state index contributed by atoms with van der Waals surface area (Å²) in [7, 11) is 1.73. The van der Waals surface area contributed by atoms with E-state index in [1.807, 2.05) is 30.3 Å². The van der Waals surface area contributed by atoms with Gasteiger partial charge in [-0.3, -0.25) is 4.90 Å². The molecule has 2 rings (SSSR count). The van der Waals surface area contributed by atoms with Gasteiger partial charge in [0.2, 0.25) is 0 Å².